The predicted octanol–water partition coefficient (Wildman–Crippen LogP) is 0.568. The van der Waals surface area contributed by atoms with E-state index in [-0.39, 0.29) is 6.10 Å². The minimum atomic E-state index is 0.121. The normalized spacial score (nSPS) is 28.4. The zero-order chi connectivity index (χ0) is 12.7. The van der Waals surface area contributed by atoms with Crippen LogP contribution in [0.2, 0.25) is 0 Å². The molecule has 19 heavy (non-hydrogen) atoms. The molecule has 6 heteroatoms. The van der Waals surface area contributed by atoms with E-state index in [0.29, 0.717) is 6.04 Å². The average molecular weight is 260 g/mol. The molecule has 0 aliphatic carbocycles. The lowest BCUT2D eigenvalue weighted by Gasteiger charge is -2.42. The van der Waals surface area contributed by atoms with Gasteiger partial charge in [-0.2, -0.15) is 0 Å². The molecule has 3 heterocycles. The van der Waals surface area contributed by atoms with Gasteiger partial charge in [0.05, 0.1) is 12.7 Å². The van der Waals surface area contributed by atoms with Crippen molar-refractivity contribution in [2.24, 2.45) is 0 Å². The first-order valence-corrected chi connectivity index (χ1v) is 6.69. The Morgan fingerprint density at radius 1 is 1.26 bits per heavy atom. The zero-order valence-electron chi connectivity index (χ0n) is 10.6. The summed E-state index contributed by atoms with van der Waals surface area (Å²) < 4.78 is 10.7. The minimum absolute atomic E-state index is 0.121. The second-order valence-corrected chi connectivity index (χ2v) is 5.19. The minimum Gasteiger partial charge on any atom is -0.371 e. The molecule has 6 nitrogen and oxygen atoms in total. The molecule has 1 aromatic carbocycles. The number of morpholine rings is 1. The number of benzene rings is 1. The van der Waals surface area contributed by atoms with E-state index >= 15 is 0 Å². The standard InChI is InChI=1S/C13H16N4O2/c1-2-11-12(16-19-15-11)5-9(1)13-7-17-4-3-14-6-10(17)8-18-13/h1-2,5,10,13-14H,3-4,6-8H2. The largest absolute Gasteiger partial charge is 0.371 e. The van der Waals surface area contributed by atoms with Crippen molar-refractivity contribution >= 4 is 11.0 Å². The summed E-state index contributed by atoms with van der Waals surface area (Å²) in [7, 11) is 0. The Hall–Kier alpha value is -1.50. The van der Waals surface area contributed by atoms with E-state index in [1.54, 1.807) is 0 Å². The van der Waals surface area contributed by atoms with Gasteiger partial charge in [0.25, 0.3) is 0 Å². The van der Waals surface area contributed by atoms with Crippen molar-refractivity contribution in [3.63, 3.8) is 0 Å². The van der Waals surface area contributed by atoms with E-state index in [1.165, 1.54) is 0 Å². The van der Waals surface area contributed by atoms with Crippen LogP contribution >= 0.6 is 0 Å². The van der Waals surface area contributed by atoms with Crippen molar-refractivity contribution in [3.8, 4) is 0 Å². The highest BCUT2D eigenvalue weighted by atomic mass is 16.6. The van der Waals surface area contributed by atoms with Gasteiger partial charge in [0.15, 0.2) is 0 Å². The topological polar surface area (TPSA) is 63.4 Å². The Kier molecular flexibility index (Phi) is 2.72. The fourth-order valence-electron chi connectivity index (χ4n) is 2.90. The van der Waals surface area contributed by atoms with Crippen LogP contribution in [0.15, 0.2) is 22.8 Å². The summed E-state index contributed by atoms with van der Waals surface area (Å²) in [6, 6.07) is 6.52. The lowest BCUT2D eigenvalue weighted by molar-refractivity contribution is -0.0717. The number of hydrogen-bond donors (Lipinski definition) is 1. The number of fused-ring (bicyclic) bond motifs is 2. The van der Waals surface area contributed by atoms with Crippen molar-refractivity contribution in [2.75, 3.05) is 32.8 Å². The van der Waals surface area contributed by atoms with Gasteiger partial charge in [-0.05, 0) is 28.0 Å². The number of nitrogens with zero attached hydrogens (tertiary/aromatic N) is 3. The van der Waals surface area contributed by atoms with Crippen LogP contribution in [0.3, 0.4) is 0 Å². The van der Waals surface area contributed by atoms with Crippen LogP contribution in [-0.4, -0.2) is 54.0 Å². The third kappa shape index (κ3) is 2.01. The fourth-order valence-corrected chi connectivity index (χ4v) is 2.90. The van der Waals surface area contributed by atoms with Crippen LogP contribution in [0.25, 0.3) is 11.0 Å². The van der Waals surface area contributed by atoms with Crippen molar-refractivity contribution in [3.05, 3.63) is 23.8 Å². The molecule has 0 saturated carbocycles. The molecule has 0 bridgehead atoms. The van der Waals surface area contributed by atoms with Crippen molar-refractivity contribution < 1.29 is 9.37 Å². The molecule has 2 fully saturated rings. The Labute approximate surface area is 110 Å². The van der Waals surface area contributed by atoms with Crippen LogP contribution in [0.1, 0.15) is 11.7 Å². The number of aromatic nitrogens is 2. The molecule has 4 rings (SSSR count). The second-order valence-electron chi connectivity index (χ2n) is 5.19. The first kappa shape index (κ1) is 11.3. The average Bonchev–Trinajstić information content (AvgIpc) is 2.94. The first-order valence-electron chi connectivity index (χ1n) is 6.69. The third-order valence-corrected chi connectivity index (χ3v) is 4.01. The van der Waals surface area contributed by atoms with Crippen molar-refractivity contribution in [1.82, 2.24) is 20.5 Å². The number of ether oxygens (including phenoxy) is 1. The monoisotopic (exact) mass is 260 g/mol. The van der Waals surface area contributed by atoms with Crippen molar-refractivity contribution in [2.45, 2.75) is 12.1 Å². The highest BCUT2D eigenvalue weighted by Gasteiger charge is 2.31. The summed E-state index contributed by atoms with van der Waals surface area (Å²) in [6.45, 7) is 4.92. The third-order valence-electron chi connectivity index (χ3n) is 4.01. The molecule has 2 unspecified atom stereocenters. The summed E-state index contributed by atoms with van der Waals surface area (Å²) in [6.07, 6.45) is 0.121. The van der Waals surface area contributed by atoms with Gasteiger partial charge in [0.1, 0.15) is 11.0 Å². The molecule has 2 saturated heterocycles. The van der Waals surface area contributed by atoms with Gasteiger partial charge >= 0.3 is 0 Å². The molecule has 2 atom stereocenters. The van der Waals surface area contributed by atoms with Gasteiger partial charge in [-0.25, -0.2) is 4.63 Å². The predicted molar refractivity (Wildman–Crippen MR) is 68.7 cm³/mol. The summed E-state index contributed by atoms with van der Waals surface area (Å²) in [5, 5.41) is 11.1. The molecule has 2 aliphatic rings. The van der Waals surface area contributed by atoms with E-state index in [0.717, 1.165) is 49.4 Å². The molecule has 0 amide bonds. The highest BCUT2D eigenvalue weighted by Crippen LogP contribution is 2.27. The van der Waals surface area contributed by atoms with E-state index in [2.05, 4.69) is 26.6 Å². The molecular formula is C13H16N4O2. The molecule has 1 N–H and O–H groups in total. The van der Waals surface area contributed by atoms with Crippen LogP contribution in [0.4, 0.5) is 0 Å². The van der Waals surface area contributed by atoms with E-state index < -0.39 is 0 Å². The smallest absolute Gasteiger partial charge is 0.135 e. The van der Waals surface area contributed by atoms with Gasteiger partial charge in [0, 0.05) is 32.2 Å². The molecule has 100 valence electrons. The quantitative estimate of drug-likeness (QED) is 0.808. The van der Waals surface area contributed by atoms with Gasteiger partial charge < -0.3 is 10.1 Å². The molecule has 0 radical (unpaired) electrons. The SMILES string of the molecule is c1cc2nonc2cc1C1CN2CCNCC2CO1. The summed E-state index contributed by atoms with van der Waals surface area (Å²) in [5.41, 5.74) is 2.74. The lowest BCUT2D eigenvalue weighted by atomic mass is 10.0. The number of nitrogens with one attached hydrogen (secondary N) is 1. The van der Waals surface area contributed by atoms with Crippen LogP contribution in [0, 0.1) is 0 Å². The van der Waals surface area contributed by atoms with Crippen LogP contribution < -0.4 is 5.32 Å². The van der Waals surface area contributed by atoms with Gasteiger partial charge in [-0.3, -0.25) is 4.90 Å². The number of piperazine rings is 1. The Bertz CT molecular complexity index is 585. The van der Waals surface area contributed by atoms with E-state index in [4.69, 9.17) is 9.37 Å². The summed E-state index contributed by atoms with van der Waals surface area (Å²) in [5.74, 6) is 0. The molecule has 2 aliphatic heterocycles. The molecular weight excluding hydrogens is 244 g/mol. The zero-order valence-corrected chi connectivity index (χ0v) is 10.6. The van der Waals surface area contributed by atoms with Crippen LogP contribution in [-0.2, 0) is 4.74 Å². The van der Waals surface area contributed by atoms with Gasteiger partial charge in [-0.1, -0.05) is 6.07 Å². The Morgan fingerprint density at radius 3 is 3.21 bits per heavy atom. The highest BCUT2D eigenvalue weighted by molar-refractivity contribution is 5.73. The Morgan fingerprint density at radius 2 is 2.21 bits per heavy atom. The fraction of sp³-hybridized carbons (Fsp3) is 0.538. The maximum absolute atomic E-state index is 6.00. The second kappa shape index (κ2) is 4.56. The van der Waals surface area contributed by atoms with Crippen molar-refractivity contribution in [1.29, 1.82) is 0 Å². The maximum Gasteiger partial charge on any atom is 0.135 e. The van der Waals surface area contributed by atoms with E-state index in [1.807, 2.05) is 12.1 Å². The number of rotatable bonds is 1. The Balaban J connectivity index is 1.58. The summed E-state index contributed by atoms with van der Waals surface area (Å²) >= 11 is 0. The maximum atomic E-state index is 6.00. The van der Waals surface area contributed by atoms with E-state index in [9.17, 15) is 0 Å². The number of hydrogen-bond acceptors (Lipinski definition) is 6. The molecule has 1 aromatic heterocycles. The van der Waals surface area contributed by atoms with Gasteiger partial charge in [-0.15, -0.1) is 0 Å². The summed E-state index contributed by atoms with van der Waals surface area (Å²) in [4.78, 5) is 2.51. The molecule has 0 spiro atoms. The first-order chi connectivity index (χ1) is 9.40. The molecule has 2 aromatic rings. The van der Waals surface area contributed by atoms with Gasteiger partial charge in [0.2, 0.25) is 0 Å². The lowest BCUT2D eigenvalue weighted by Crippen LogP contribution is -2.57. The van der Waals surface area contributed by atoms with Crippen LogP contribution in [0.5, 0.6) is 0 Å².